The summed E-state index contributed by atoms with van der Waals surface area (Å²) in [4.78, 5) is 0. The van der Waals surface area contributed by atoms with Gasteiger partial charge >= 0.3 is 0 Å². The second kappa shape index (κ2) is 7.62. The van der Waals surface area contributed by atoms with Gasteiger partial charge in [0.1, 0.15) is 5.75 Å². The van der Waals surface area contributed by atoms with Crippen LogP contribution >= 0.6 is 0 Å². The molecule has 2 N–H and O–H groups in total. The number of hydrogen-bond donors (Lipinski definition) is 2. The second-order valence-corrected chi connectivity index (χ2v) is 6.24. The lowest BCUT2D eigenvalue weighted by molar-refractivity contribution is 0.302. The summed E-state index contributed by atoms with van der Waals surface area (Å²) < 4.78 is 5.57. The van der Waals surface area contributed by atoms with E-state index < -0.39 is 0 Å². The molecule has 1 aliphatic heterocycles. The lowest BCUT2D eigenvalue weighted by Crippen LogP contribution is -2.45. The molecule has 0 unspecified atom stereocenters. The Hall–Kier alpha value is -1.84. The molecule has 3 nitrogen and oxygen atoms in total. The van der Waals surface area contributed by atoms with Crippen molar-refractivity contribution in [3.8, 4) is 5.75 Å². The lowest BCUT2D eigenvalue weighted by atomic mass is 9.92. The highest BCUT2D eigenvalue weighted by molar-refractivity contribution is 5.40. The Morgan fingerprint density at radius 2 is 1.96 bits per heavy atom. The van der Waals surface area contributed by atoms with Crippen molar-refractivity contribution >= 4 is 0 Å². The number of ether oxygens (including phenoxy) is 1. The Labute approximate surface area is 139 Å². The van der Waals surface area contributed by atoms with Crippen LogP contribution in [0.2, 0.25) is 0 Å². The smallest absolute Gasteiger partial charge is 0.126 e. The maximum absolute atomic E-state index is 5.57. The molecule has 0 aromatic heterocycles. The molecule has 1 fully saturated rings. The van der Waals surface area contributed by atoms with E-state index in [9.17, 15) is 0 Å². The zero-order valence-corrected chi connectivity index (χ0v) is 14.0. The van der Waals surface area contributed by atoms with Gasteiger partial charge in [-0.05, 0) is 37.4 Å². The highest BCUT2D eigenvalue weighted by Crippen LogP contribution is 2.26. The molecule has 122 valence electrons. The Morgan fingerprint density at radius 3 is 2.74 bits per heavy atom. The number of piperidine rings is 1. The molecule has 23 heavy (non-hydrogen) atoms. The molecule has 3 rings (SSSR count). The molecule has 0 spiro atoms. The third-order valence-corrected chi connectivity index (χ3v) is 4.67. The van der Waals surface area contributed by atoms with Gasteiger partial charge in [-0.1, -0.05) is 48.5 Å². The fourth-order valence-electron chi connectivity index (χ4n) is 3.50. The molecule has 0 saturated carbocycles. The zero-order chi connectivity index (χ0) is 16.1. The van der Waals surface area contributed by atoms with Gasteiger partial charge < -0.3 is 15.4 Å². The highest BCUT2D eigenvalue weighted by Gasteiger charge is 2.25. The van der Waals surface area contributed by atoms with Crippen molar-refractivity contribution in [1.82, 2.24) is 10.6 Å². The fourth-order valence-corrected chi connectivity index (χ4v) is 3.50. The maximum atomic E-state index is 5.57. The van der Waals surface area contributed by atoms with Gasteiger partial charge in [-0.3, -0.25) is 0 Å². The molecule has 1 aliphatic rings. The summed E-state index contributed by atoms with van der Waals surface area (Å²) in [6.45, 7) is 4.02. The summed E-state index contributed by atoms with van der Waals surface area (Å²) in [5.41, 5.74) is 3.78. The monoisotopic (exact) mass is 310 g/mol. The van der Waals surface area contributed by atoms with E-state index in [1.165, 1.54) is 29.5 Å². The topological polar surface area (TPSA) is 33.3 Å². The molecule has 0 amide bonds. The van der Waals surface area contributed by atoms with Crippen LogP contribution in [0.15, 0.2) is 48.5 Å². The second-order valence-electron chi connectivity index (χ2n) is 6.24. The molecule has 1 heterocycles. The predicted octanol–water partition coefficient (Wildman–Crippen LogP) is 3.59. The van der Waals surface area contributed by atoms with Gasteiger partial charge in [0.25, 0.3) is 0 Å². The first-order valence-corrected chi connectivity index (χ1v) is 8.44. The SMILES string of the molecule is COc1c(C)cccc1CN[C@@H]1CCCN[C@@H]1c1ccccc1. The van der Waals surface area contributed by atoms with E-state index in [1.54, 1.807) is 7.11 Å². The van der Waals surface area contributed by atoms with Gasteiger partial charge in [0, 0.05) is 24.2 Å². The third-order valence-electron chi connectivity index (χ3n) is 4.67. The summed E-state index contributed by atoms with van der Waals surface area (Å²) >= 11 is 0. The molecule has 1 saturated heterocycles. The van der Waals surface area contributed by atoms with E-state index >= 15 is 0 Å². The predicted molar refractivity (Wildman–Crippen MR) is 94.8 cm³/mol. The van der Waals surface area contributed by atoms with Crippen LogP contribution in [0.4, 0.5) is 0 Å². The quantitative estimate of drug-likeness (QED) is 0.885. The number of benzene rings is 2. The summed E-state index contributed by atoms with van der Waals surface area (Å²) in [5, 5.41) is 7.41. The van der Waals surface area contributed by atoms with Crippen LogP contribution in [0.25, 0.3) is 0 Å². The van der Waals surface area contributed by atoms with Crippen LogP contribution in [0.1, 0.15) is 35.6 Å². The molecule has 0 aliphatic carbocycles. The number of para-hydroxylation sites is 1. The van der Waals surface area contributed by atoms with Crippen molar-refractivity contribution in [3.63, 3.8) is 0 Å². The Bertz CT molecular complexity index is 627. The largest absolute Gasteiger partial charge is 0.496 e. The molecular formula is C20H26N2O. The van der Waals surface area contributed by atoms with Gasteiger partial charge in [0.2, 0.25) is 0 Å². The van der Waals surface area contributed by atoms with Crippen molar-refractivity contribution in [3.05, 3.63) is 65.2 Å². The number of rotatable bonds is 5. The van der Waals surface area contributed by atoms with E-state index in [-0.39, 0.29) is 0 Å². The van der Waals surface area contributed by atoms with E-state index in [0.29, 0.717) is 12.1 Å². The van der Waals surface area contributed by atoms with Crippen LogP contribution in [-0.4, -0.2) is 19.7 Å². The first-order valence-electron chi connectivity index (χ1n) is 8.44. The Morgan fingerprint density at radius 1 is 1.13 bits per heavy atom. The van der Waals surface area contributed by atoms with E-state index in [4.69, 9.17) is 4.74 Å². The summed E-state index contributed by atoms with van der Waals surface area (Å²) in [5.74, 6) is 1.00. The van der Waals surface area contributed by atoms with Crippen LogP contribution in [0.5, 0.6) is 5.75 Å². The molecule has 2 atom stereocenters. The third kappa shape index (κ3) is 3.74. The normalized spacial score (nSPS) is 21.1. The van der Waals surface area contributed by atoms with Crippen LogP contribution in [0, 0.1) is 6.92 Å². The standard InChI is InChI=1S/C20H26N2O/c1-15-8-6-11-17(20(15)23-2)14-22-18-12-7-13-21-19(18)16-9-4-3-5-10-16/h3-6,8-11,18-19,21-22H,7,12-14H2,1-2H3/t18-,19-/m1/s1. The number of hydrogen-bond acceptors (Lipinski definition) is 3. The molecule has 0 radical (unpaired) electrons. The fraction of sp³-hybridized carbons (Fsp3) is 0.400. The van der Waals surface area contributed by atoms with Gasteiger partial charge in [-0.25, -0.2) is 0 Å². The van der Waals surface area contributed by atoms with E-state index in [1.807, 2.05) is 0 Å². The van der Waals surface area contributed by atoms with Crippen LogP contribution in [0.3, 0.4) is 0 Å². The Balaban J connectivity index is 1.72. The van der Waals surface area contributed by atoms with E-state index in [2.05, 4.69) is 66.1 Å². The van der Waals surface area contributed by atoms with Gasteiger partial charge in [0.15, 0.2) is 0 Å². The average Bonchev–Trinajstić information content (AvgIpc) is 2.61. The van der Waals surface area contributed by atoms with E-state index in [0.717, 1.165) is 18.8 Å². The minimum Gasteiger partial charge on any atom is -0.496 e. The van der Waals surface area contributed by atoms with Crippen molar-refractivity contribution in [2.45, 2.75) is 38.4 Å². The zero-order valence-electron chi connectivity index (χ0n) is 14.0. The molecule has 2 aromatic rings. The maximum Gasteiger partial charge on any atom is 0.126 e. The summed E-state index contributed by atoms with van der Waals surface area (Å²) in [6.07, 6.45) is 2.41. The van der Waals surface area contributed by atoms with Crippen molar-refractivity contribution in [2.75, 3.05) is 13.7 Å². The van der Waals surface area contributed by atoms with Gasteiger partial charge in [-0.2, -0.15) is 0 Å². The lowest BCUT2D eigenvalue weighted by Gasteiger charge is -2.34. The van der Waals surface area contributed by atoms with Gasteiger partial charge in [0.05, 0.1) is 7.11 Å². The summed E-state index contributed by atoms with van der Waals surface area (Å²) in [7, 11) is 1.75. The molecule has 2 aromatic carbocycles. The summed E-state index contributed by atoms with van der Waals surface area (Å²) in [6, 6.07) is 17.9. The van der Waals surface area contributed by atoms with Gasteiger partial charge in [-0.15, -0.1) is 0 Å². The number of aryl methyl sites for hydroxylation is 1. The van der Waals surface area contributed by atoms with Crippen molar-refractivity contribution < 1.29 is 4.74 Å². The average molecular weight is 310 g/mol. The number of methoxy groups -OCH3 is 1. The molecule has 0 bridgehead atoms. The number of nitrogens with one attached hydrogen (secondary N) is 2. The Kier molecular flexibility index (Phi) is 5.31. The minimum atomic E-state index is 0.376. The highest BCUT2D eigenvalue weighted by atomic mass is 16.5. The van der Waals surface area contributed by atoms with Crippen molar-refractivity contribution in [1.29, 1.82) is 0 Å². The first-order chi connectivity index (χ1) is 11.3. The molecular weight excluding hydrogens is 284 g/mol. The first kappa shape index (κ1) is 16.0. The van der Waals surface area contributed by atoms with Crippen LogP contribution < -0.4 is 15.4 Å². The van der Waals surface area contributed by atoms with Crippen LogP contribution in [-0.2, 0) is 6.54 Å². The van der Waals surface area contributed by atoms with Crippen molar-refractivity contribution in [2.24, 2.45) is 0 Å². The molecule has 3 heteroatoms. The minimum absolute atomic E-state index is 0.376.